The highest BCUT2D eigenvalue weighted by atomic mass is 19.2. The first-order valence-corrected chi connectivity index (χ1v) is 9.42. The maximum Gasteiger partial charge on any atom is 0.338 e. The second-order valence-electron chi connectivity index (χ2n) is 6.49. The van der Waals surface area contributed by atoms with E-state index in [-0.39, 0.29) is 47.3 Å². The third-order valence-corrected chi connectivity index (χ3v) is 4.46. The quantitative estimate of drug-likeness (QED) is 0.514. The SMILES string of the molecule is CCCCCOc1cc(C2C(C#N)=C(N)OC(C)=C2C(=O)OCC)cc(F)c1F. The minimum atomic E-state index is -1.16. The van der Waals surface area contributed by atoms with E-state index in [2.05, 4.69) is 0 Å². The van der Waals surface area contributed by atoms with Gasteiger partial charge < -0.3 is 19.9 Å². The number of rotatable bonds is 8. The van der Waals surface area contributed by atoms with Crippen LogP contribution in [-0.4, -0.2) is 19.2 Å². The minimum absolute atomic E-state index is 0.000501. The summed E-state index contributed by atoms with van der Waals surface area (Å²) in [7, 11) is 0. The Morgan fingerprint density at radius 3 is 2.66 bits per heavy atom. The molecular formula is C21H24F2N2O4. The van der Waals surface area contributed by atoms with Crippen LogP contribution in [0, 0.1) is 23.0 Å². The number of carbonyl (C=O) groups is 1. The van der Waals surface area contributed by atoms with E-state index in [1.165, 1.54) is 13.0 Å². The molecule has 0 aromatic heterocycles. The van der Waals surface area contributed by atoms with E-state index in [0.717, 1.165) is 18.9 Å². The van der Waals surface area contributed by atoms with Crippen LogP contribution in [0.2, 0.25) is 0 Å². The predicted molar refractivity (Wildman–Crippen MR) is 101 cm³/mol. The average Bonchev–Trinajstić information content (AvgIpc) is 2.67. The molecular weight excluding hydrogens is 382 g/mol. The maximum atomic E-state index is 14.3. The van der Waals surface area contributed by atoms with Crippen LogP contribution in [-0.2, 0) is 14.3 Å². The van der Waals surface area contributed by atoms with E-state index < -0.39 is 23.5 Å². The van der Waals surface area contributed by atoms with Gasteiger partial charge in [-0.1, -0.05) is 19.8 Å². The number of allylic oxidation sites excluding steroid dienone is 2. The number of unbranched alkanes of at least 4 members (excludes halogenated alkanes) is 2. The highest BCUT2D eigenvalue weighted by molar-refractivity contribution is 5.92. The molecule has 2 N–H and O–H groups in total. The first-order valence-electron chi connectivity index (χ1n) is 9.42. The molecule has 0 saturated heterocycles. The van der Waals surface area contributed by atoms with Crippen molar-refractivity contribution in [1.29, 1.82) is 5.26 Å². The molecule has 6 nitrogen and oxygen atoms in total. The zero-order valence-electron chi connectivity index (χ0n) is 16.7. The Hall–Kier alpha value is -3.08. The number of nitriles is 1. The molecule has 0 fully saturated rings. The molecule has 1 aliphatic heterocycles. The average molecular weight is 406 g/mol. The molecule has 0 spiro atoms. The summed E-state index contributed by atoms with van der Waals surface area (Å²) in [6.45, 7) is 5.43. The second kappa shape index (κ2) is 9.92. The molecule has 1 unspecified atom stereocenters. The van der Waals surface area contributed by atoms with Crippen LogP contribution < -0.4 is 10.5 Å². The van der Waals surface area contributed by atoms with Crippen LogP contribution in [0.4, 0.5) is 8.78 Å². The van der Waals surface area contributed by atoms with Crippen molar-refractivity contribution in [3.05, 3.63) is 52.1 Å². The highest BCUT2D eigenvalue weighted by Crippen LogP contribution is 2.41. The fourth-order valence-corrected chi connectivity index (χ4v) is 3.08. The number of nitrogens with two attached hydrogens (primary N) is 1. The van der Waals surface area contributed by atoms with Crippen LogP contribution in [0.3, 0.4) is 0 Å². The van der Waals surface area contributed by atoms with Gasteiger partial charge >= 0.3 is 5.97 Å². The topological polar surface area (TPSA) is 94.6 Å². The first-order chi connectivity index (χ1) is 13.8. The van der Waals surface area contributed by atoms with E-state index in [1.807, 2.05) is 13.0 Å². The Labute approximate surface area is 168 Å². The smallest absolute Gasteiger partial charge is 0.338 e. The molecule has 29 heavy (non-hydrogen) atoms. The van der Waals surface area contributed by atoms with Gasteiger partial charge in [-0.15, -0.1) is 0 Å². The molecule has 1 aromatic rings. The number of carbonyl (C=O) groups excluding carboxylic acids is 1. The Bertz CT molecular complexity index is 887. The number of benzene rings is 1. The summed E-state index contributed by atoms with van der Waals surface area (Å²) in [4.78, 5) is 12.5. The molecule has 0 aliphatic carbocycles. The Morgan fingerprint density at radius 2 is 2.03 bits per heavy atom. The summed E-state index contributed by atoms with van der Waals surface area (Å²) >= 11 is 0. The van der Waals surface area contributed by atoms with Crippen molar-refractivity contribution in [2.24, 2.45) is 5.73 Å². The summed E-state index contributed by atoms with van der Waals surface area (Å²) in [6, 6.07) is 4.09. The molecule has 1 atom stereocenters. The molecule has 0 amide bonds. The third kappa shape index (κ3) is 4.86. The van der Waals surface area contributed by atoms with Crippen molar-refractivity contribution >= 4 is 5.97 Å². The lowest BCUT2D eigenvalue weighted by Gasteiger charge is -2.27. The minimum Gasteiger partial charge on any atom is -0.490 e. The van der Waals surface area contributed by atoms with Crippen LogP contribution in [0.5, 0.6) is 5.75 Å². The standard InChI is InChI=1S/C21H24F2N2O4/c1-4-6-7-8-28-16-10-13(9-15(22)19(16)23)18-14(11-24)20(25)29-12(3)17(18)21(26)27-5-2/h9-10,18H,4-8,25H2,1-3H3. The number of nitrogens with zero attached hydrogens (tertiary/aromatic N) is 1. The number of ether oxygens (including phenoxy) is 3. The summed E-state index contributed by atoms with van der Waals surface area (Å²) in [5, 5.41) is 9.56. The lowest BCUT2D eigenvalue weighted by molar-refractivity contribution is -0.139. The number of esters is 1. The summed E-state index contributed by atoms with van der Waals surface area (Å²) in [5.41, 5.74) is 5.86. The van der Waals surface area contributed by atoms with Crippen LogP contribution in [0.1, 0.15) is 51.5 Å². The fraction of sp³-hybridized carbons (Fsp3) is 0.429. The van der Waals surface area contributed by atoms with E-state index >= 15 is 0 Å². The van der Waals surface area contributed by atoms with Crippen molar-refractivity contribution in [2.75, 3.05) is 13.2 Å². The summed E-state index contributed by atoms with van der Waals surface area (Å²) in [6.07, 6.45) is 2.52. The Kier molecular flexibility index (Phi) is 7.59. The fourth-order valence-electron chi connectivity index (χ4n) is 3.08. The van der Waals surface area contributed by atoms with E-state index in [1.54, 1.807) is 6.92 Å². The lowest BCUT2D eigenvalue weighted by Crippen LogP contribution is -2.25. The third-order valence-electron chi connectivity index (χ3n) is 4.46. The van der Waals surface area contributed by atoms with Crippen molar-refractivity contribution in [2.45, 2.75) is 46.0 Å². The molecule has 8 heteroatoms. The van der Waals surface area contributed by atoms with Crippen LogP contribution in [0.25, 0.3) is 0 Å². The van der Waals surface area contributed by atoms with E-state index in [0.29, 0.717) is 6.42 Å². The van der Waals surface area contributed by atoms with Gasteiger partial charge in [0, 0.05) is 0 Å². The van der Waals surface area contributed by atoms with Crippen molar-refractivity contribution in [1.82, 2.24) is 0 Å². The second-order valence-corrected chi connectivity index (χ2v) is 6.49. The van der Waals surface area contributed by atoms with Gasteiger partial charge in [-0.25, -0.2) is 9.18 Å². The normalized spacial score (nSPS) is 16.3. The zero-order valence-corrected chi connectivity index (χ0v) is 16.7. The summed E-state index contributed by atoms with van der Waals surface area (Å²) < 4.78 is 44.3. The monoisotopic (exact) mass is 406 g/mol. The van der Waals surface area contributed by atoms with Crippen molar-refractivity contribution in [3.8, 4) is 11.8 Å². The maximum absolute atomic E-state index is 14.3. The van der Waals surface area contributed by atoms with Crippen molar-refractivity contribution < 1.29 is 27.8 Å². The molecule has 0 bridgehead atoms. The Morgan fingerprint density at radius 1 is 1.31 bits per heavy atom. The van der Waals surface area contributed by atoms with Gasteiger partial charge in [0.05, 0.1) is 24.7 Å². The van der Waals surface area contributed by atoms with Crippen LogP contribution >= 0.6 is 0 Å². The van der Waals surface area contributed by atoms with Gasteiger partial charge in [-0.3, -0.25) is 0 Å². The number of halogens is 2. The van der Waals surface area contributed by atoms with Crippen molar-refractivity contribution in [3.63, 3.8) is 0 Å². The molecule has 0 saturated carbocycles. The lowest BCUT2D eigenvalue weighted by atomic mass is 9.83. The number of hydrogen-bond donors (Lipinski definition) is 1. The largest absolute Gasteiger partial charge is 0.490 e. The molecule has 1 heterocycles. The highest BCUT2D eigenvalue weighted by Gasteiger charge is 2.37. The van der Waals surface area contributed by atoms with E-state index in [4.69, 9.17) is 19.9 Å². The van der Waals surface area contributed by atoms with Gasteiger partial charge in [-0.05, 0) is 38.0 Å². The molecule has 1 aromatic carbocycles. The van der Waals surface area contributed by atoms with Crippen LogP contribution in [0.15, 0.2) is 34.9 Å². The zero-order chi connectivity index (χ0) is 21.6. The molecule has 1 aliphatic rings. The molecule has 2 rings (SSSR count). The van der Waals surface area contributed by atoms with E-state index in [9.17, 15) is 18.8 Å². The van der Waals surface area contributed by atoms with Gasteiger partial charge in [0.1, 0.15) is 17.4 Å². The first kappa shape index (κ1) is 22.2. The van der Waals surface area contributed by atoms with Gasteiger partial charge in [0.2, 0.25) is 11.7 Å². The van der Waals surface area contributed by atoms with Gasteiger partial charge in [0.25, 0.3) is 0 Å². The van der Waals surface area contributed by atoms with Gasteiger partial charge in [0.15, 0.2) is 11.6 Å². The predicted octanol–water partition coefficient (Wildman–Crippen LogP) is 4.18. The summed E-state index contributed by atoms with van der Waals surface area (Å²) in [5.74, 6) is -4.47. The molecule has 156 valence electrons. The molecule has 0 radical (unpaired) electrons. The number of hydrogen-bond acceptors (Lipinski definition) is 6. The Balaban J connectivity index is 2.54. The van der Waals surface area contributed by atoms with Gasteiger partial charge in [-0.2, -0.15) is 9.65 Å².